The molecular formula is C9H8INO. The predicted molar refractivity (Wildman–Crippen MR) is 54.5 cm³/mol. The highest BCUT2D eigenvalue weighted by Gasteiger charge is 2.05. The topological polar surface area (TPSA) is 44.0 Å². The summed E-state index contributed by atoms with van der Waals surface area (Å²) in [5, 5.41) is 17.7. The number of nitrogens with zero attached hydrogens (tertiary/aromatic N) is 1. The normalized spacial score (nSPS) is 9.50. The summed E-state index contributed by atoms with van der Waals surface area (Å²) in [7, 11) is 0. The minimum Gasteiger partial charge on any atom is -0.392 e. The zero-order chi connectivity index (χ0) is 9.14. The predicted octanol–water partition coefficient (Wildman–Crippen LogP) is 1.96. The zero-order valence-electron chi connectivity index (χ0n) is 6.63. The molecule has 0 unspecified atom stereocenters. The van der Waals surface area contributed by atoms with E-state index in [9.17, 15) is 0 Å². The van der Waals surface area contributed by atoms with E-state index in [1.165, 1.54) is 0 Å². The van der Waals surface area contributed by atoms with Crippen molar-refractivity contribution >= 4 is 22.6 Å². The number of halogens is 1. The molecule has 3 heteroatoms. The van der Waals surface area contributed by atoms with E-state index in [0.29, 0.717) is 5.56 Å². The van der Waals surface area contributed by atoms with Gasteiger partial charge in [0.2, 0.25) is 0 Å². The van der Waals surface area contributed by atoms with Crippen molar-refractivity contribution in [2.24, 2.45) is 0 Å². The largest absolute Gasteiger partial charge is 0.392 e. The van der Waals surface area contributed by atoms with Crippen LogP contribution in [0.2, 0.25) is 0 Å². The van der Waals surface area contributed by atoms with E-state index < -0.39 is 0 Å². The number of aliphatic hydroxyl groups is 1. The van der Waals surface area contributed by atoms with Crippen LogP contribution in [0, 0.1) is 21.8 Å². The van der Waals surface area contributed by atoms with Gasteiger partial charge in [-0.05, 0) is 52.8 Å². The third-order valence-electron chi connectivity index (χ3n) is 1.82. The number of rotatable bonds is 1. The van der Waals surface area contributed by atoms with Gasteiger partial charge in [-0.3, -0.25) is 0 Å². The van der Waals surface area contributed by atoms with Crippen LogP contribution in [0.15, 0.2) is 12.1 Å². The van der Waals surface area contributed by atoms with Gasteiger partial charge >= 0.3 is 0 Å². The molecule has 1 rings (SSSR count). The Morgan fingerprint density at radius 2 is 2.25 bits per heavy atom. The molecule has 2 nitrogen and oxygen atoms in total. The van der Waals surface area contributed by atoms with Crippen molar-refractivity contribution in [1.82, 2.24) is 0 Å². The van der Waals surface area contributed by atoms with Crippen molar-refractivity contribution < 1.29 is 5.11 Å². The van der Waals surface area contributed by atoms with Crippen LogP contribution >= 0.6 is 22.6 Å². The Kier molecular flexibility index (Phi) is 3.06. The molecule has 0 aliphatic rings. The number of nitriles is 1. The minimum atomic E-state index is -0.000370. The first-order valence-corrected chi connectivity index (χ1v) is 4.57. The number of hydrogen-bond acceptors (Lipinski definition) is 2. The highest BCUT2D eigenvalue weighted by Crippen LogP contribution is 2.19. The van der Waals surface area contributed by atoms with Gasteiger partial charge in [-0.2, -0.15) is 5.26 Å². The summed E-state index contributed by atoms with van der Waals surface area (Å²) in [6.07, 6.45) is 0. The van der Waals surface area contributed by atoms with Gasteiger partial charge in [-0.25, -0.2) is 0 Å². The lowest BCUT2D eigenvalue weighted by atomic mass is 10.0. The van der Waals surface area contributed by atoms with Gasteiger partial charge in [-0.1, -0.05) is 0 Å². The Hall–Kier alpha value is -0.600. The molecule has 62 valence electrons. The smallest absolute Gasteiger partial charge is 0.0994 e. The highest BCUT2D eigenvalue weighted by atomic mass is 127. The van der Waals surface area contributed by atoms with Crippen LogP contribution in [0.25, 0.3) is 0 Å². The highest BCUT2D eigenvalue weighted by molar-refractivity contribution is 14.1. The van der Waals surface area contributed by atoms with E-state index in [1.807, 2.05) is 13.0 Å². The third kappa shape index (κ3) is 1.59. The molecule has 12 heavy (non-hydrogen) atoms. The monoisotopic (exact) mass is 273 g/mol. The maximum absolute atomic E-state index is 9.01. The van der Waals surface area contributed by atoms with E-state index in [4.69, 9.17) is 10.4 Å². The number of aliphatic hydroxyl groups excluding tert-OH is 1. The van der Waals surface area contributed by atoms with Gasteiger partial charge in [0.15, 0.2) is 0 Å². The Morgan fingerprint density at radius 1 is 1.58 bits per heavy atom. The van der Waals surface area contributed by atoms with Crippen LogP contribution < -0.4 is 0 Å². The molecule has 0 fully saturated rings. The standard InChI is InChI=1S/C9H8INO/c1-6-7(4-11)2-3-9(10)8(6)5-12/h2-3,12H,5H2,1H3. The van der Waals surface area contributed by atoms with E-state index in [-0.39, 0.29) is 6.61 Å². The summed E-state index contributed by atoms with van der Waals surface area (Å²) in [5.41, 5.74) is 2.38. The second-order valence-electron chi connectivity index (χ2n) is 2.47. The summed E-state index contributed by atoms with van der Waals surface area (Å²) in [6, 6.07) is 5.70. The van der Waals surface area contributed by atoms with Crippen LogP contribution in [0.4, 0.5) is 0 Å². The minimum absolute atomic E-state index is 0.000370. The molecule has 0 aliphatic heterocycles. The number of benzene rings is 1. The molecule has 0 bridgehead atoms. The number of hydrogen-bond donors (Lipinski definition) is 1. The molecule has 1 aromatic carbocycles. The molecular weight excluding hydrogens is 265 g/mol. The third-order valence-corrected chi connectivity index (χ3v) is 2.83. The van der Waals surface area contributed by atoms with E-state index in [1.54, 1.807) is 6.07 Å². The first-order valence-electron chi connectivity index (χ1n) is 3.49. The second-order valence-corrected chi connectivity index (χ2v) is 3.63. The van der Waals surface area contributed by atoms with Crippen molar-refractivity contribution in [3.05, 3.63) is 32.4 Å². The maximum Gasteiger partial charge on any atom is 0.0994 e. The maximum atomic E-state index is 9.01. The van der Waals surface area contributed by atoms with Gasteiger partial charge in [0.05, 0.1) is 18.2 Å². The molecule has 0 saturated heterocycles. The van der Waals surface area contributed by atoms with Gasteiger partial charge in [-0.15, -0.1) is 0 Å². The summed E-state index contributed by atoms with van der Waals surface area (Å²) in [5.74, 6) is 0. The lowest BCUT2D eigenvalue weighted by Crippen LogP contribution is -1.95. The van der Waals surface area contributed by atoms with Gasteiger partial charge in [0.25, 0.3) is 0 Å². The van der Waals surface area contributed by atoms with Crippen molar-refractivity contribution in [1.29, 1.82) is 5.26 Å². The summed E-state index contributed by atoms with van der Waals surface area (Å²) in [4.78, 5) is 0. The summed E-state index contributed by atoms with van der Waals surface area (Å²) >= 11 is 2.15. The van der Waals surface area contributed by atoms with Gasteiger partial charge < -0.3 is 5.11 Å². The van der Waals surface area contributed by atoms with Crippen molar-refractivity contribution in [2.45, 2.75) is 13.5 Å². The van der Waals surface area contributed by atoms with Crippen LogP contribution in [-0.4, -0.2) is 5.11 Å². The van der Waals surface area contributed by atoms with Crippen LogP contribution in [0.3, 0.4) is 0 Å². The average Bonchev–Trinajstić information content (AvgIpc) is 2.06. The Labute approximate surface area is 85.0 Å². The summed E-state index contributed by atoms with van der Waals surface area (Å²) < 4.78 is 1.01. The lowest BCUT2D eigenvalue weighted by Gasteiger charge is -2.05. The van der Waals surface area contributed by atoms with Crippen molar-refractivity contribution in [2.75, 3.05) is 0 Å². The molecule has 0 aliphatic carbocycles. The molecule has 0 spiro atoms. The van der Waals surface area contributed by atoms with Crippen molar-refractivity contribution in [3.63, 3.8) is 0 Å². The van der Waals surface area contributed by atoms with Crippen LogP contribution in [-0.2, 0) is 6.61 Å². The Bertz CT molecular complexity index is 341. The first kappa shape index (κ1) is 9.49. The molecule has 0 amide bonds. The fourth-order valence-corrected chi connectivity index (χ4v) is 1.79. The van der Waals surface area contributed by atoms with Gasteiger partial charge in [0, 0.05) is 3.57 Å². The fourth-order valence-electron chi connectivity index (χ4n) is 1.04. The lowest BCUT2D eigenvalue weighted by molar-refractivity contribution is 0.280. The summed E-state index contributed by atoms with van der Waals surface area (Å²) in [6.45, 7) is 1.85. The SMILES string of the molecule is Cc1c(C#N)ccc(I)c1CO. The zero-order valence-corrected chi connectivity index (χ0v) is 8.79. The second kappa shape index (κ2) is 3.87. The Balaban J connectivity index is 3.36. The quantitative estimate of drug-likeness (QED) is 0.795. The molecule has 0 atom stereocenters. The molecule has 0 radical (unpaired) electrons. The van der Waals surface area contributed by atoms with E-state index >= 15 is 0 Å². The van der Waals surface area contributed by atoms with Crippen molar-refractivity contribution in [3.8, 4) is 6.07 Å². The average molecular weight is 273 g/mol. The molecule has 0 heterocycles. The van der Waals surface area contributed by atoms with Crippen LogP contribution in [0.1, 0.15) is 16.7 Å². The van der Waals surface area contributed by atoms with Gasteiger partial charge in [0.1, 0.15) is 0 Å². The van der Waals surface area contributed by atoms with E-state index in [2.05, 4.69) is 28.7 Å². The molecule has 0 aromatic heterocycles. The van der Waals surface area contributed by atoms with E-state index in [0.717, 1.165) is 14.7 Å². The molecule has 1 aromatic rings. The van der Waals surface area contributed by atoms with Crippen LogP contribution in [0.5, 0.6) is 0 Å². The Morgan fingerprint density at radius 3 is 2.75 bits per heavy atom. The molecule has 1 N–H and O–H groups in total. The molecule has 0 saturated carbocycles. The first-order chi connectivity index (χ1) is 5.70. The fraction of sp³-hybridized carbons (Fsp3) is 0.222.